The molecule has 0 saturated carbocycles. The van der Waals surface area contributed by atoms with Crippen LogP contribution in [0.1, 0.15) is 17.5 Å². The minimum Gasteiger partial charge on any atom is -0.490 e. The first-order valence-corrected chi connectivity index (χ1v) is 8.73. The van der Waals surface area contributed by atoms with E-state index < -0.39 is 11.5 Å². The molecule has 6 nitrogen and oxygen atoms in total. The molecule has 9 heteroatoms. The third-order valence-electron chi connectivity index (χ3n) is 3.52. The molecular weight excluding hydrogens is 378 g/mol. The van der Waals surface area contributed by atoms with Crippen LogP contribution in [0, 0.1) is 10.1 Å². The number of nitro groups is 1. The lowest BCUT2D eigenvalue weighted by atomic mass is 10.1. The van der Waals surface area contributed by atoms with E-state index in [0.29, 0.717) is 22.7 Å². The Morgan fingerprint density at radius 1 is 1.30 bits per heavy atom. The number of halogens is 2. The Labute approximate surface area is 156 Å². The number of ether oxygens (including phenoxy) is 2. The van der Waals surface area contributed by atoms with Gasteiger partial charge in [0.15, 0.2) is 11.5 Å². The van der Waals surface area contributed by atoms with Crippen molar-refractivity contribution >= 4 is 39.4 Å². The van der Waals surface area contributed by atoms with Crippen molar-refractivity contribution in [2.45, 2.75) is 13.5 Å². The molecule has 0 atom stereocenters. The van der Waals surface area contributed by atoms with Gasteiger partial charge in [0.1, 0.15) is 5.01 Å². The summed E-state index contributed by atoms with van der Waals surface area (Å²) in [5, 5.41) is 11.4. The lowest BCUT2D eigenvalue weighted by Gasteiger charge is -2.13. The van der Waals surface area contributed by atoms with Gasteiger partial charge in [0.05, 0.1) is 21.7 Å². The van der Waals surface area contributed by atoms with Crippen molar-refractivity contribution < 1.29 is 23.2 Å². The predicted octanol–water partition coefficient (Wildman–Crippen LogP) is 5.38. The average molecular weight is 392 g/mol. The first-order chi connectivity index (χ1) is 13.0. The van der Waals surface area contributed by atoms with Gasteiger partial charge in [-0.3, -0.25) is 10.1 Å². The van der Waals surface area contributed by atoms with Gasteiger partial charge in [-0.1, -0.05) is 12.1 Å². The molecule has 0 aliphatic heterocycles. The molecule has 0 bridgehead atoms. The fourth-order valence-electron chi connectivity index (χ4n) is 2.43. The van der Waals surface area contributed by atoms with E-state index >= 15 is 0 Å². The highest BCUT2D eigenvalue weighted by molar-refractivity contribution is 7.19. The Kier molecular flexibility index (Phi) is 5.60. The molecule has 3 rings (SSSR count). The molecule has 0 amide bonds. The zero-order valence-electron chi connectivity index (χ0n) is 14.1. The van der Waals surface area contributed by atoms with Crippen molar-refractivity contribution in [1.82, 2.24) is 4.98 Å². The molecule has 0 saturated heterocycles. The second-order valence-electron chi connectivity index (χ2n) is 5.28. The second kappa shape index (κ2) is 8.09. The number of non-ortho nitro benzene ring substituents is 1. The highest BCUT2D eigenvalue weighted by Crippen LogP contribution is 2.34. The monoisotopic (exact) mass is 392 g/mol. The number of benzene rings is 2. The first kappa shape index (κ1) is 18.7. The van der Waals surface area contributed by atoms with Crippen LogP contribution in [-0.4, -0.2) is 23.1 Å². The normalized spacial score (nSPS) is 11.4. The van der Waals surface area contributed by atoms with E-state index in [9.17, 15) is 18.9 Å². The summed E-state index contributed by atoms with van der Waals surface area (Å²) in [6.45, 7) is -0.931. The van der Waals surface area contributed by atoms with Crippen LogP contribution in [0.2, 0.25) is 0 Å². The number of rotatable bonds is 7. The molecule has 0 unspecified atom stereocenters. The number of hydrogen-bond acceptors (Lipinski definition) is 6. The van der Waals surface area contributed by atoms with E-state index in [1.807, 2.05) is 0 Å². The van der Waals surface area contributed by atoms with Gasteiger partial charge in [-0.05, 0) is 31.2 Å². The van der Waals surface area contributed by atoms with Crippen LogP contribution in [0.5, 0.6) is 11.5 Å². The zero-order valence-corrected chi connectivity index (χ0v) is 14.9. The molecule has 0 radical (unpaired) electrons. The van der Waals surface area contributed by atoms with E-state index in [0.717, 1.165) is 4.70 Å². The highest BCUT2D eigenvalue weighted by Gasteiger charge is 2.14. The maximum atomic E-state index is 12.8. The van der Waals surface area contributed by atoms with E-state index in [-0.39, 0.29) is 17.2 Å². The summed E-state index contributed by atoms with van der Waals surface area (Å²) in [5.74, 6) is 0.169. The van der Waals surface area contributed by atoms with Crippen molar-refractivity contribution in [2.24, 2.45) is 0 Å². The molecule has 0 aliphatic carbocycles. The van der Waals surface area contributed by atoms with Gasteiger partial charge in [-0.25, -0.2) is 4.98 Å². The van der Waals surface area contributed by atoms with Gasteiger partial charge < -0.3 is 9.47 Å². The molecule has 1 heterocycles. The number of hydrogen-bond donors (Lipinski definition) is 0. The molecule has 0 spiro atoms. The van der Waals surface area contributed by atoms with Crippen LogP contribution in [0.3, 0.4) is 0 Å². The molecule has 3 aromatic rings. The van der Waals surface area contributed by atoms with E-state index in [2.05, 4.69) is 9.72 Å². The van der Waals surface area contributed by atoms with Crippen LogP contribution in [0.15, 0.2) is 36.4 Å². The Bertz CT molecular complexity index is 1000. The number of nitro benzene ring substituents is 1. The molecular formula is C18H14F2N2O4S. The standard InChI is InChI=1S/C18H14F2N2O4S/c1-2-25-14-5-3-4-11(17(14)26-18(19)20)6-9-16-21-13-10-12(22(23)24)7-8-15(13)27-16/h3-10,18H,2H2,1H3/b9-6+. The van der Waals surface area contributed by atoms with Crippen LogP contribution >= 0.6 is 11.3 Å². The number of fused-ring (bicyclic) bond motifs is 1. The van der Waals surface area contributed by atoms with E-state index in [1.54, 1.807) is 43.3 Å². The van der Waals surface area contributed by atoms with Crippen molar-refractivity contribution in [3.8, 4) is 11.5 Å². The third kappa shape index (κ3) is 4.37. The van der Waals surface area contributed by atoms with Crippen LogP contribution in [0.25, 0.3) is 22.4 Å². The Balaban J connectivity index is 1.94. The van der Waals surface area contributed by atoms with Gasteiger partial charge in [0.2, 0.25) is 0 Å². The van der Waals surface area contributed by atoms with Crippen molar-refractivity contribution in [1.29, 1.82) is 0 Å². The number of nitrogens with zero attached hydrogens (tertiary/aromatic N) is 2. The molecule has 0 N–H and O–H groups in total. The van der Waals surface area contributed by atoms with Crippen LogP contribution in [-0.2, 0) is 0 Å². The fraction of sp³-hybridized carbons (Fsp3) is 0.167. The summed E-state index contributed by atoms with van der Waals surface area (Å²) in [7, 11) is 0. The Hall–Kier alpha value is -3.07. The van der Waals surface area contributed by atoms with Crippen molar-refractivity contribution in [2.75, 3.05) is 6.61 Å². The summed E-state index contributed by atoms with van der Waals surface area (Å²) in [6.07, 6.45) is 3.23. The largest absolute Gasteiger partial charge is 0.490 e. The quantitative estimate of drug-likeness (QED) is 0.399. The minimum absolute atomic E-state index is 0.0413. The average Bonchev–Trinajstić information content (AvgIpc) is 3.03. The Morgan fingerprint density at radius 2 is 2.11 bits per heavy atom. The third-order valence-corrected chi connectivity index (χ3v) is 4.52. The van der Waals surface area contributed by atoms with Crippen LogP contribution < -0.4 is 9.47 Å². The van der Waals surface area contributed by atoms with Crippen molar-refractivity contribution in [3.63, 3.8) is 0 Å². The minimum atomic E-state index is -2.98. The maximum absolute atomic E-state index is 12.8. The topological polar surface area (TPSA) is 74.5 Å². The van der Waals surface area contributed by atoms with Gasteiger partial charge in [0, 0.05) is 17.7 Å². The van der Waals surface area contributed by atoms with Crippen molar-refractivity contribution in [3.05, 3.63) is 57.1 Å². The molecule has 0 fully saturated rings. The molecule has 2 aromatic carbocycles. The second-order valence-corrected chi connectivity index (χ2v) is 6.34. The predicted molar refractivity (Wildman–Crippen MR) is 99.4 cm³/mol. The summed E-state index contributed by atoms with van der Waals surface area (Å²) >= 11 is 1.33. The van der Waals surface area contributed by atoms with E-state index in [1.165, 1.54) is 23.5 Å². The Morgan fingerprint density at radius 3 is 2.81 bits per heavy atom. The van der Waals surface area contributed by atoms with Gasteiger partial charge >= 0.3 is 6.61 Å². The molecule has 1 aromatic heterocycles. The summed E-state index contributed by atoms with van der Waals surface area (Å²) < 4.78 is 36.3. The molecule has 0 aliphatic rings. The van der Waals surface area contributed by atoms with Gasteiger partial charge in [-0.15, -0.1) is 11.3 Å². The highest BCUT2D eigenvalue weighted by atomic mass is 32.1. The summed E-state index contributed by atoms with van der Waals surface area (Å²) in [5.41, 5.74) is 0.868. The van der Waals surface area contributed by atoms with E-state index in [4.69, 9.17) is 4.74 Å². The fourth-order valence-corrected chi connectivity index (χ4v) is 3.28. The zero-order chi connectivity index (χ0) is 19.4. The van der Waals surface area contributed by atoms with Crippen LogP contribution in [0.4, 0.5) is 14.5 Å². The van der Waals surface area contributed by atoms with Gasteiger partial charge in [0.25, 0.3) is 5.69 Å². The number of thiazole rings is 1. The molecule has 27 heavy (non-hydrogen) atoms. The van der Waals surface area contributed by atoms with Gasteiger partial charge in [-0.2, -0.15) is 8.78 Å². The SMILES string of the molecule is CCOc1cccc(/C=C/c2nc3cc([N+](=O)[O-])ccc3s2)c1OC(F)F. The smallest absolute Gasteiger partial charge is 0.387 e. The first-order valence-electron chi connectivity index (χ1n) is 7.91. The number of para-hydroxylation sites is 1. The molecule has 140 valence electrons. The lowest BCUT2D eigenvalue weighted by Crippen LogP contribution is -2.05. The lowest BCUT2D eigenvalue weighted by molar-refractivity contribution is -0.384. The summed E-state index contributed by atoms with van der Waals surface area (Å²) in [6, 6.07) is 9.27. The maximum Gasteiger partial charge on any atom is 0.387 e. The number of alkyl halides is 2. The summed E-state index contributed by atoms with van der Waals surface area (Å²) in [4.78, 5) is 14.7. The number of aromatic nitrogens is 1.